The van der Waals surface area contributed by atoms with Crippen molar-refractivity contribution in [2.45, 2.75) is 11.7 Å². The van der Waals surface area contributed by atoms with Crippen molar-refractivity contribution >= 4 is 35.0 Å². The summed E-state index contributed by atoms with van der Waals surface area (Å²) in [5, 5.41) is 12.7. The van der Waals surface area contributed by atoms with E-state index in [1.165, 1.54) is 11.8 Å². The fourth-order valence-corrected chi connectivity index (χ4v) is 3.33. The van der Waals surface area contributed by atoms with Gasteiger partial charge in [0.25, 0.3) is 0 Å². The second kappa shape index (κ2) is 9.55. The van der Waals surface area contributed by atoms with Gasteiger partial charge in [-0.3, -0.25) is 9.36 Å². The summed E-state index contributed by atoms with van der Waals surface area (Å²) < 4.78 is 7.17. The number of methoxy groups -OCH3 is 1. The lowest BCUT2D eigenvalue weighted by Crippen LogP contribution is -2.15. The highest BCUT2D eigenvalue weighted by Crippen LogP contribution is 2.24. The summed E-state index contributed by atoms with van der Waals surface area (Å²) in [6, 6.07) is 16.8. The number of nitrogens with one attached hydrogen (secondary N) is 1. The Morgan fingerprint density at radius 3 is 2.59 bits per heavy atom. The molecule has 0 aliphatic carbocycles. The van der Waals surface area contributed by atoms with E-state index in [-0.39, 0.29) is 11.7 Å². The van der Waals surface area contributed by atoms with Gasteiger partial charge in [0.1, 0.15) is 0 Å². The first-order chi connectivity index (χ1) is 13.2. The van der Waals surface area contributed by atoms with Gasteiger partial charge < -0.3 is 10.1 Å². The minimum atomic E-state index is -0.120. The highest BCUT2D eigenvalue weighted by atomic mass is 35.5. The number of amides is 1. The molecule has 1 heterocycles. The number of nitrogens with zero attached hydrogens (tertiary/aromatic N) is 3. The highest BCUT2D eigenvalue weighted by Gasteiger charge is 2.15. The zero-order valence-electron chi connectivity index (χ0n) is 14.8. The minimum Gasteiger partial charge on any atom is -0.383 e. The number of halogens is 1. The molecule has 0 bridgehead atoms. The van der Waals surface area contributed by atoms with E-state index >= 15 is 0 Å². The van der Waals surface area contributed by atoms with Crippen molar-refractivity contribution in [2.75, 3.05) is 24.8 Å². The van der Waals surface area contributed by atoms with Crippen LogP contribution in [0.1, 0.15) is 0 Å². The molecule has 0 spiro atoms. The number of anilines is 1. The molecule has 1 aromatic heterocycles. The number of carbonyl (C=O) groups is 1. The molecule has 3 aromatic rings. The van der Waals surface area contributed by atoms with E-state index < -0.39 is 0 Å². The Bertz CT molecular complexity index is 884. The zero-order chi connectivity index (χ0) is 19.1. The molecule has 0 radical (unpaired) electrons. The van der Waals surface area contributed by atoms with Gasteiger partial charge in [0.2, 0.25) is 5.91 Å². The number of rotatable bonds is 8. The normalized spacial score (nSPS) is 10.7. The molecule has 0 fully saturated rings. The van der Waals surface area contributed by atoms with Gasteiger partial charge in [0, 0.05) is 23.4 Å². The maximum atomic E-state index is 12.2. The predicted molar refractivity (Wildman–Crippen MR) is 108 cm³/mol. The molecule has 2 aromatic carbocycles. The molecule has 0 aliphatic rings. The molecule has 3 rings (SSSR count). The summed E-state index contributed by atoms with van der Waals surface area (Å²) in [5.41, 5.74) is 1.68. The minimum absolute atomic E-state index is 0.120. The van der Waals surface area contributed by atoms with Gasteiger partial charge in [-0.2, -0.15) is 0 Å². The average molecular weight is 403 g/mol. The molecule has 0 unspecified atom stereocenters. The lowest BCUT2D eigenvalue weighted by molar-refractivity contribution is -0.113. The van der Waals surface area contributed by atoms with Crippen LogP contribution in [0.2, 0.25) is 5.02 Å². The van der Waals surface area contributed by atoms with E-state index in [2.05, 4.69) is 15.5 Å². The first-order valence-electron chi connectivity index (χ1n) is 8.33. The monoisotopic (exact) mass is 402 g/mol. The summed E-state index contributed by atoms with van der Waals surface area (Å²) in [7, 11) is 1.65. The predicted octanol–water partition coefficient (Wildman–Crippen LogP) is 3.98. The smallest absolute Gasteiger partial charge is 0.234 e. The van der Waals surface area contributed by atoms with Crippen LogP contribution in [0.5, 0.6) is 0 Å². The van der Waals surface area contributed by atoms with E-state index in [4.69, 9.17) is 16.3 Å². The first-order valence-corrected chi connectivity index (χ1v) is 9.69. The van der Waals surface area contributed by atoms with Crippen molar-refractivity contribution in [3.8, 4) is 11.4 Å². The molecule has 6 nitrogen and oxygen atoms in total. The van der Waals surface area contributed by atoms with Crippen molar-refractivity contribution < 1.29 is 9.53 Å². The van der Waals surface area contributed by atoms with Crippen LogP contribution in [-0.2, 0) is 16.1 Å². The Kier molecular flexibility index (Phi) is 6.86. The van der Waals surface area contributed by atoms with E-state index in [1.54, 1.807) is 31.4 Å². The summed E-state index contributed by atoms with van der Waals surface area (Å²) in [5.74, 6) is 0.862. The van der Waals surface area contributed by atoms with Gasteiger partial charge in [-0.15, -0.1) is 10.2 Å². The van der Waals surface area contributed by atoms with Crippen LogP contribution in [0.3, 0.4) is 0 Å². The third-order valence-electron chi connectivity index (χ3n) is 3.73. The van der Waals surface area contributed by atoms with Crippen LogP contribution in [-0.4, -0.2) is 40.1 Å². The van der Waals surface area contributed by atoms with E-state index in [0.717, 1.165) is 11.4 Å². The summed E-state index contributed by atoms with van der Waals surface area (Å²) in [6.07, 6.45) is 0. The van der Waals surface area contributed by atoms with Gasteiger partial charge in [-0.1, -0.05) is 53.7 Å². The van der Waals surface area contributed by atoms with Crippen molar-refractivity contribution in [3.63, 3.8) is 0 Å². The number of benzene rings is 2. The molecular weight excluding hydrogens is 384 g/mol. The number of carbonyl (C=O) groups excluding carboxylic acids is 1. The molecule has 0 saturated heterocycles. The summed E-state index contributed by atoms with van der Waals surface area (Å²) in [4.78, 5) is 12.2. The molecule has 0 saturated carbocycles. The van der Waals surface area contributed by atoms with Gasteiger partial charge in [-0.25, -0.2) is 0 Å². The quantitative estimate of drug-likeness (QED) is 0.577. The van der Waals surface area contributed by atoms with E-state index in [0.29, 0.717) is 29.0 Å². The first kappa shape index (κ1) is 19.4. The third kappa shape index (κ3) is 5.32. The Labute approximate surface area is 166 Å². The number of hydrogen-bond donors (Lipinski definition) is 1. The molecule has 1 amide bonds. The second-order valence-corrected chi connectivity index (χ2v) is 7.04. The zero-order valence-corrected chi connectivity index (χ0v) is 16.3. The average Bonchev–Trinajstić information content (AvgIpc) is 3.10. The Morgan fingerprint density at radius 1 is 1.15 bits per heavy atom. The van der Waals surface area contributed by atoms with Crippen molar-refractivity contribution in [3.05, 3.63) is 59.6 Å². The molecule has 8 heteroatoms. The summed E-state index contributed by atoms with van der Waals surface area (Å²) in [6.45, 7) is 1.14. The van der Waals surface area contributed by atoms with Crippen LogP contribution in [0, 0.1) is 0 Å². The van der Waals surface area contributed by atoms with Gasteiger partial charge >= 0.3 is 0 Å². The van der Waals surface area contributed by atoms with Crippen LogP contribution in [0.4, 0.5) is 5.69 Å². The highest BCUT2D eigenvalue weighted by molar-refractivity contribution is 7.99. The van der Waals surface area contributed by atoms with Crippen molar-refractivity contribution in [2.24, 2.45) is 0 Å². The number of hydrogen-bond acceptors (Lipinski definition) is 5. The van der Waals surface area contributed by atoms with Crippen molar-refractivity contribution in [1.29, 1.82) is 0 Å². The topological polar surface area (TPSA) is 69.0 Å². The van der Waals surface area contributed by atoms with Crippen LogP contribution < -0.4 is 5.32 Å². The lowest BCUT2D eigenvalue weighted by atomic mass is 10.2. The molecule has 0 atom stereocenters. The number of thioether (sulfide) groups is 1. The standard InChI is InChI=1S/C19H19ClN4O2S/c1-26-12-11-24-18(14-5-3-2-4-6-14)22-23-19(24)27-13-17(25)21-16-9-7-15(20)8-10-16/h2-10H,11-13H2,1H3,(H,21,25). The Balaban J connectivity index is 1.69. The second-order valence-electron chi connectivity index (χ2n) is 5.66. The maximum Gasteiger partial charge on any atom is 0.234 e. The molecule has 0 aliphatic heterocycles. The largest absolute Gasteiger partial charge is 0.383 e. The SMILES string of the molecule is COCCn1c(SCC(=O)Nc2ccc(Cl)cc2)nnc1-c1ccccc1. The van der Waals surface area contributed by atoms with Gasteiger partial charge in [0.15, 0.2) is 11.0 Å². The molecule has 140 valence electrons. The van der Waals surface area contributed by atoms with Gasteiger partial charge in [0.05, 0.1) is 18.9 Å². The number of ether oxygens (including phenoxy) is 1. The van der Waals surface area contributed by atoms with Crippen molar-refractivity contribution in [1.82, 2.24) is 14.8 Å². The number of aromatic nitrogens is 3. The van der Waals surface area contributed by atoms with Crippen LogP contribution >= 0.6 is 23.4 Å². The molecule has 27 heavy (non-hydrogen) atoms. The van der Waals surface area contributed by atoms with E-state index in [1.807, 2.05) is 34.9 Å². The fraction of sp³-hybridized carbons (Fsp3) is 0.211. The van der Waals surface area contributed by atoms with Crippen LogP contribution in [0.25, 0.3) is 11.4 Å². The molecular formula is C19H19ClN4O2S. The van der Waals surface area contributed by atoms with Gasteiger partial charge in [-0.05, 0) is 24.3 Å². The lowest BCUT2D eigenvalue weighted by Gasteiger charge is -2.10. The third-order valence-corrected chi connectivity index (χ3v) is 4.95. The van der Waals surface area contributed by atoms with E-state index in [9.17, 15) is 4.79 Å². The summed E-state index contributed by atoms with van der Waals surface area (Å²) >= 11 is 7.20. The molecule has 1 N–H and O–H groups in total. The fourth-order valence-electron chi connectivity index (χ4n) is 2.44. The van der Waals surface area contributed by atoms with Crippen LogP contribution in [0.15, 0.2) is 59.8 Å². The Morgan fingerprint density at radius 2 is 1.89 bits per heavy atom. The maximum absolute atomic E-state index is 12.2. The Hall–Kier alpha value is -2.35.